The monoisotopic (exact) mass is 258 g/mol. The summed E-state index contributed by atoms with van der Waals surface area (Å²) in [6.45, 7) is 4.25. The molecule has 0 aromatic rings. The summed E-state index contributed by atoms with van der Waals surface area (Å²) in [4.78, 5) is 11.7. The fourth-order valence-electron chi connectivity index (χ4n) is 3.78. The number of carboxylic acid groups (broad SMARTS) is 1. The first-order valence-corrected chi connectivity index (χ1v) is 7.59. The van der Waals surface area contributed by atoms with Crippen LogP contribution in [0, 0.1) is 17.3 Å². The SMILES string of the molecule is CC1CC(C)CC(O)(C2(C(=O)O)CCSC2)C1. The van der Waals surface area contributed by atoms with Crippen molar-refractivity contribution in [3.05, 3.63) is 0 Å². The molecule has 1 aliphatic carbocycles. The predicted molar refractivity (Wildman–Crippen MR) is 69.1 cm³/mol. The molecule has 1 saturated heterocycles. The van der Waals surface area contributed by atoms with Crippen LogP contribution in [-0.4, -0.2) is 33.3 Å². The minimum absolute atomic E-state index is 0.422. The number of aliphatic hydroxyl groups is 1. The molecule has 0 radical (unpaired) electrons. The van der Waals surface area contributed by atoms with Gasteiger partial charge in [0.05, 0.1) is 5.60 Å². The van der Waals surface area contributed by atoms with Gasteiger partial charge in [-0.15, -0.1) is 0 Å². The highest BCUT2D eigenvalue weighted by molar-refractivity contribution is 7.99. The third kappa shape index (κ3) is 2.10. The second kappa shape index (κ2) is 4.47. The first-order chi connectivity index (χ1) is 7.90. The van der Waals surface area contributed by atoms with Crippen LogP contribution in [0.5, 0.6) is 0 Å². The van der Waals surface area contributed by atoms with Crippen LogP contribution in [0.4, 0.5) is 0 Å². The van der Waals surface area contributed by atoms with Crippen molar-refractivity contribution >= 4 is 17.7 Å². The van der Waals surface area contributed by atoms with Crippen molar-refractivity contribution in [3.8, 4) is 0 Å². The quantitative estimate of drug-likeness (QED) is 0.798. The first-order valence-electron chi connectivity index (χ1n) is 6.43. The third-order valence-corrected chi connectivity index (χ3v) is 5.69. The van der Waals surface area contributed by atoms with Gasteiger partial charge in [0.25, 0.3) is 0 Å². The van der Waals surface area contributed by atoms with Crippen molar-refractivity contribution in [2.24, 2.45) is 17.3 Å². The molecule has 2 fully saturated rings. The fourth-order valence-corrected chi connectivity index (χ4v) is 5.30. The van der Waals surface area contributed by atoms with Gasteiger partial charge in [-0.1, -0.05) is 13.8 Å². The Bertz CT molecular complexity index is 300. The van der Waals surface area contributed by atoms with E-state index in [4.69, 9.17) is 0 Å². The van der Waals surface area contributed by atoms with Gasteiger partial charge in [0.15, 0.2) is 0 Å². The molecule has 98 valence electrons. The van der Waals surface area contributed by atoms with Gasteiger partial charge in [-0.2, -0.15) is 11.8 Å². The zero-order valence-corrected chi connectivity index (χ0v) is 11.4. The lowest BCUT2D eigenvalue weighted by Gasteiger charge is -2.48. The zero-order chi connectivity index (χ0) is 12.7. The maximum Gasteiger partial charge on any atom is 0.313 e. The van der Waals surface area contributed by atoms with Crippen molar-refractivity contribution in [1.82, 2.24) is 0 Å². The van der Waals surface area contributed by atoms with E-state index >= 15 is 0 Å². The van der Waals surface area contributed by atoms with E-state index in [-0.39, 0.29) is 0 Å². The van der Waals surface area contributed by atoms with E-state index in [0.29, 0.717) is 36.9 Å². The van der Waals surface area contributed by atoms with Gasteiger partial charge in [0, 0.05) is 5.75 Å². The summed E-state index contributed by atoms with van der Waals surface area (Å²) in [5, 5.41) is 20.5. The third-order valence-electron chi connectivity index (χ3n) is 4.50. The maximum atomic E-state index is 11.7. The van der Waals surface area contributed by atoms with Gasteiger partial charge in [0.2, 0.25) is 0 Å². The Hall–Kier alpha value is -0.220. The van der Waals surface area contributed by atoms with E-state index in [9.17, 15) is 15.0 Å². The number of thioether (sulfide) groups is 1. The van der Waals surface area contributed by atoms with E-state index in [0.717, 1.165) is 12.2 Å². The molecule has 2 rings (SSSR count). The number of carboxylic acids is 1. The Balaban J connectivity index is 2.31. The molecule has 0 aromatic carbocycles. The standard InChI is InChI=1S/C13H22O3S/c1-9-5-10(2)7-13(16,6-9)12(11(14)15)3-4-17-8-12/h9-10,16H,3-8H2,1-2H3,(H,14,15). The summed E-state index contributed by atoms with van der Waals surface area (Å²) in [6, 6.07) is 0. The molecule has 17 heavy (non-hydrogen) atoms. The van der Waals surface area contributed by atoms with Crippen LogP contribution in [0.25, 0.3) is 0 Å². The molecule has 1 saturated carbocycles. The molecule has 1 heterocycles. The van der Waals surface area contributed by atoms with Crippen LogP contribution in [0.1, 0.15) is 39.5 Å². The minimum Gasteiger partial charge on any atom is -0.481 e. The highest BCUT2D eigenvalue weighted by atomic mass is 32.2. The van der Waals surface area contributed by atoms with E-state index in [1.54, 1.807) is 11.8 Å². The van der Waals surface area contributed by atoms with Crippen molar-refractivity contribution in [2.75, 3.05) is 11.5 Å². The topological polar surface area (TPSA) is 57.5 Å². The molecule has 2 N–H and O–H groups in total. The molecule has 2 aliphatic rings. The van der Waals surface area contributed by atoms with Crippen LogP contribution >= 0.6 is 11.8 Å². The molecule has 4 heteroatoms. The maximum absolute atomic E-state index is 11.7. The molecule has 0 spiro atoms. The minimum atomic E-state index is -1.00. The van der Waals surface area contributed by atoms with Gasteiger partial charge >= 0.3 is 5.97 Å². The summed E-state index contributed by atoms with van der Waals surface area (Å²) in [5.74, 6) is 1.47. The molecule has 0 amide bonds. The van der Waals surface area contributed by atoms with Crippen molar-refractivity contribution in [3.63, 3.8) is 0 Å². The van der Waals surface area contributed by atoms with Crippen LogP contribution in [0.3, 0.4) is 0 Å². The zero-order valence-electron chi connectivity index (χ0n) is 10.6. The fraction of sp³-hybridized carbons (Fsp3) is 0.923. The summed E-state index contributed by atoms with van der Waals surface area (Å²) in [5.41, 5.74) is -1.90. The van der Waals surface area contributed by atoms with Gasteiger partial charge in [-0.3, -0.25) is 4.79 Å². The Kier molecular flexibility index (Phi) is 3.47. The Morgan fingerprint density at radius 1 is 1.29 bits per heavy atom. The van der Waals surface area contributed by atoms with Gasteiger partial charge in [-0.25, -0.2) is 0 Å². The van der Waals surface area contributed by atoms with E-state index < -0.39 is 17.0 Å². The molecule has 1 aliphatic heterocycles. The summed E-state index contributed by atoms with van der Waals surface area (Å²) in [7, 11) is 0. The second-order valence-electron chi connectivity index (χ2n) is 6.08. The van der Waals surface area contributed by atoms with E-state index in [2.05, 4.69) is 13.8 Å². The smallest absolute Gasteiger partial charge is 0.313 e. The number of hydrogen-bond donors (Lipinski definition) is 2. The van der Waals surface area contributed by atoms with Crippen molar-refractivity contribution < 1.29 is 15.0 Å². The normalized spacial score (nSPS) is 47.0. The lowest BCUT2D eigenvalue weighted by molar-refractivity contribution is -0.175. The number of aliphatic carboxylic acids is 1. The Labute approximate surface area is 107 Å². The van der Waals surface area contributed by atoms with Gasteiger partial charge < -0.3 is 10.2 Å². The molecule has 0 bridgehead atoms. The second-order valence-corrected chi connectivity index (χ2v) is 7.18. The molecule has 3 nitrogen and oxygen atoms in total. The Morgan fingerprint density at radius 2 is 1.88 bits per heavy atom. The molecule has 3 atom stereocenters. The largest absolute Gasteiger partial charge is 0.481 e. The average Bonchev–Trinajstić information content (AvgIpc) is 2.64. The van der Waals surface area contributed by atoms with Crippen LogP contribution in [-0.2, 0) is 4.79 Å². The van der Waals surface area contributed by atoms with Gasteiger partial charge in [-0.05, 0) is 43.3 Å². The average molecular weight is 258 g/mol. The summed E-state index contributed by atoms with van der Waals surface area (Å²) >= 11 is 1.66. The van der Waals surface area contributed by atoms with Crippen LogP contribution in [0.15, 0.2) is 0 Å². The van der Waals surface area contributed by atoms with Crippen molar-refractivity contribution in [2.45, 2.75) is 45.1 Å². The van der Waals surface area contributed by atoms with Crippen LogP contribution in [0.2, 0.25) is 0 Å². The van der Waals surface area contributed by atoms with Gasteiger partial charge in [0.1, 0.15) is 5.41 Å². The first kappa shape index (κ1) is 13.2. The summed E-state index contributed by atoms with van der Waals surface area (Å²) < 4.78 is 0. The number of rotatable bonds is 2. The highest BCUT2D eigenvalue weighted by Gasteiger charge is 2.59. The number of carbonyl (C=O) groups is 1. The van der Waals surface area contributed by atoms with Crippen molar-refractivity contribution in [1.29, 1.82) is 0 Å². The highest BCUT2D eigenvalue weighted by Crippen LogP contribution is 2.53. The van der Waals surface area contributed by atoms with E-state index in [1.165, 1.54) is 0 Å². The predicted octanol–water partition coefficient (Wildman–Crippen LogP) is 2.38. The molecular formula is C13H22O3S. The number of hydrogen-bond acceptors (Lipinski definition) is 3. The molecular weight excluding hydrogens is 236 g/mol. The van der Waals surface area contributed by atoms with Crippen LogP contribution < -0.4 is 0 Å². The Morgan fingerprint density at radius 3 is 2.29 bits per heavy atom. The molecule has 3 unspecified atom stereocenters. The molecule has 0 aromatic heterocycles. The summed E-state index contributed by atoms with van der Waals surface area (Å²) in [6.07, 6.45) is 3.00. The van der Waals surface area contributed by atoms with E-state index in [1.807, 2.05) is 0 Å². The lowest BCUT2D eigenvalue weighted by atomic mass is 9.60. The lowest BCUT2D eigenvalue weighted by Crippen LogP contribution is -2.56.